The van der Waals surface area contributed by atoms with Gasteiger partial charge in [-0.25, -0.2) is 13.6 Å². The molecule has 0 amide bonds. The van der Waals surface area contributed by atoms with E-state index < -0.39 is 33.8 Å². The lowest BCUT2D eigenvalue weighted by Crippen LogP contribution is -2.01. The zero-order valence-corrected chi connectivity index (χ0v) is 10.2. The Morgan fingerprint density at radius 2 is 1.81 bits per heavy atom. The highest BCUT2D eigenvalue weighted by molar-refractivity contribution is 5.87. The molecular weight excluding hydrogens is 288 g/mol. The van der Waals surface area contributed by atoms with Gasteiger partial charge >= 0.3 is 5.97 Å². The van der Waals surface area contributed by atoms with Gasteiger partial charge in [-0.05, 0) is 18.2 Å². The topological polar surface area (TPSA) is 89.7 Å². The Kier molecular flexibility index (Phi) is 3.79. The minimum absolute atomic E-state index is 0.148. The fraction of sp³-hybridized carbons (Fsp3) is 0. The number of hydrogen-bond donors (Lipinski definition) is 1. The van der Waals surface area contributed by atoms with Crippen LogP contribution >= 0.6 is 0 Å². The standard InChI is InChI=1S/C13H7F2NO5/c14-10-4-7(13(17)18)5-11(15)12(10)21-9-3-1-2-8(6-9)16(19)20/h1-6H,(H,17,18). The second-order valence-corrected chi connectivity index (χ2v) is 3.93. The number of carbonyl (C=O) groups is 1. The average Bonchev–Trinajstić information content (AvgIpc) is 2.42. The molecule has 0 aliphatic heterocycles. The monoisotopic (exact) mass is 295 g/mol. The van der Waals surface area contributed by atoms with Crippen molar-refractivity contribution in [3.05, 3.63) is 63.7 Å². The summed E-state index contributed by atoms with van der Waals surface area (Å²) >= 11 is 0. The quantitative estimate of drug-likeness (QED) is 0.690. The predicted molar refractivity (Wildman–Crippen MR) is 66.5 cm³/mol. The van der Waals surface area contributed by atoms with Crippen LogP contribution in [0.2, 0.25) is 0 Å². The van der Waals surface area contributed by atoms with Gasteiger partial charge < -0.3 is 9.84 Å². The van der Waals surface area contributed by atoms with Crippen molar-refractivity contribution < 1.29 is 28.3 Å². The van der Waals surface area contributed by atoms with Gasteiger partial charge in [0.05, 0.1) is 16.6 Å². The lowest BCUT2D eigenvalue weighted by atomic mass is 10.2. The number of aromatic carboxylic acids is 1. The maximum absolute atomic E-state index is 13.7. The van der Waals surface area contributed by atoms with Gasteiger partial charge in [0.1, 0.15) is 5.75 Å². The molecule has 0 atom stereocenters. The first kappa shape index (κ1) is 14.4. The Morgan fingerprint density at radius 3 is 2.33 bits per heavy atom. The summed E-state index contributed by atoms with van der Waals surface area (Å²) in [7, 11) is 0. The molecular formula is C13H7F2NO5. The van der Waals surface area contributed by atoms with Crippen molar-refractivity contribution >= 4 is 11.7 Å². The van der Waals surface area contributed by atoms with Crippen LogP contribution in [-0.2, 0) is 0 Å². The summed E-state index contributed by atoms with van der Waals surface area (Å²) < 4.78 is 32.2. The molecule has 2 aromatic rings. The van der Waals surface area contributed by atoms with E-state index in [0.29, 0.717) is 12.1 Å². The van der Waals surface area contributed by atoms with Crippen LogP contribution in [0.15, 0.2) is 36.4 Å². The summed E-state index contributed by atoms with van der Waals surface area (Å²) in [5, 5.41) is 19.3. The molecule has 8 heteroatoms. The number of halogens is 2. The number of carboxylic acid groups (broad SMARTS) is 1. The van der Waals surface area contributed by atoms with E-state index in [2.05, 4.69) is 0 Å². The Morgan fingerprint density at radius 1 is 1.19 bits per heavy atom. The highest BCUT2D eigenvalue weighted by Gasteiger charge is 2.17. The second kappa shape index (κ2) is 5.53. The van der Waals surface area contributed by atoms with E-state index in [1.54, 1.807) is 0 Å². The normalized spacial score (nSPS) is 10.2. The molecule has 2 rings (SSSR count). The summed E-state index contributed by atoms with van der Waals surface area (Å²) in [6.45, 7) is 0. The van der Waals surface area contributed by atoms with Gasteiger partial charge in [0, 0.05) is 6.07 Å². The third-order valence-corrected chi connectivity index (χ3v) is 2.49. The molecule has 0 spiro atoms. The van der Waals surface area contributed by atoms with Crippen molar-refractivity contribution in [2.45, 2.75) is 0 Å². The van der Waals surface area contributed by atoms with Gasteiger partial charge in [0.25, 0.3) is 5.69 Å². The van der Waals surface area contributed by atoms with Crippen molar-refractivity contribution in [1.29, 1.82) is 0 Å². The van der Waals surface area contributed by atoms with Crippen LogP contribution < -0.4 is 4.74 Å². The molecule has 2 aromatic carbocycles. The number of nitro groups is 1. The zero-order chi connectivity index (χ0) is 15.6. The van der Waals surface area contributed by atoms with E-state index >= 15 is 0 Å². The molecule has 0 saturated carbocycles. The highest BCUT2D eigenvalue weighted by Crippen LogP contribution is 2.30. The largest absolute Gasteiger partial charge is 0.478 e. The van der Waals surface area contributed by atoms with Crippen LogP contribution in [0.1, 0.15) is 10.4 Å². The van der Waals surface area contributed by atoms with E-state index in [1.165, 1.54) is 18.2 Å². The fourth-order valence-corrected chi connectivity index (χ4v) is 1.56. The van der Waals surface area contributed by atoms with Crippen molar-refractivity contribution in [2.75, 3.05) is 0 Å². The maximum Gasteiger partial charge on any atom is 0.335 e. The van der Waals surface area contributed by atoms with Gasteiger partial charge in [0.2, 0.25) is 0 Å². The Labute approximate surface area is 116 Å². The van der Waals surface area contributed by atoms with E-state index in [9.17, 15) is 23.7 Å². The summed E-state index contributed by atoms with van der Waals surface area (Å²) in [5.41, 5.74) is -0.883. The molecule has 1 N–H and O–H groups in total. The molecule has 0 radical (unpaired) electrons. The van der Waals surface area contributed by atoms with Gasteiger partial charge in [-0.2, -0.15) is 0 Å². The van der Waals surface area contributed by atoms with Gasteiger partial charge in [-0.3, -0.25) is 10.1 Å². The number of non-ortho nitro benzene ring substituents is 1. The third kappa shape index (κ3) is 3.11. The smallest absolute Gasteiger partial charge is 0.335 e. The van der Waals surface area contributed by atoms with Crippen molar-refractivity contribution in [3.63, 3.8) is 0 Å². The van der Waals surface area contributed by atoms with Crippen molar-refractivity contribution in [1.82, 2.24) is 0 Å². The number of nitro benzene ring substituents is 1. The minimum Gasteiger partial charge on any atom is -0.478 e. The van der Waals surface area contributed by atoms with Crippen LogP contribution in [0.25, 0.3) is 0 Å². The van der Waals surface area contributed by atoms with Crippen LogP contribution in [0.4, 0.5) is 14.5 Å². The lowest BCUT2D eigenvalue weighted by Gasteiger charge is -2.08. The lowest BCUT2D eigenvalue weighted by molar-refractivity contribution is -0.384. The van der Waals surface area contributed by atoms with Crippen LogP contribution in [0.3, 0.4) is 0 Å². The molecule has 0 saturated heterocycles. The number of carboxylic acids is 1. The number of rotatable bonds is 4. The SMILES string of the molecule is O=C(O)c1cc(F)c(Oc2cccc([N+](=O)[O-])c2)c(F)c1. The number of nitrogens with zero attached hydrogens (tertiary/aromatic N) is 1. The summed E-state index contributed by atoms with van der Waals surface area (Å²) in [5.74, 6) is -4.92. The van der Waals surface area contributed by atoms with Gasteiger partial charge in [-0.15, -0.1) is 0 Å². The zero-order valence-electron chi connectivity index (χ0n) is 10.2. The second-order valence-electron chi connectivity index (χ2n) is 3.93. The van der Waals surface area contributed by atoms with E-state index in [1.807, 2.05) is 0 Å². The predicted octanol–water partition coefficient (Wildman–Crippen LogP) is 3.36. The molecule has 0 aromatic heterocycles. The summed E-state index contributed by atoms with van der Waals surface area (Å²) in [6, 6.07) is 5.93. The number of benzene rings is 2. The van der Waals surface area contributed by atoms with Crippen molar-refractivity contribution in [2.24, 2.45) is 0 Å². The molecule has 21 heavy (non-hydrogen) atoms. The number of ether oxygens (including phenoxy) is 1. The molecule has 0 unspecified atom stereocenters. The molecule has 0 fully saturated rings. The van der Waals surface area contributed by atoms with Crippen molar-refractivity contribution in [3.8, 4) is 11.5 Å². The van der Waals surface area contributed by atoms with E-state index in [-0.39, 0.29) is 11.4 Å². The number of hydrogen-bond acceptors (Lipinski definition) is 4. The van der Waals surface area contributed by atoms with Crippen LogP contribution in [0.5, 0.6) is 11.5 Å². The highest BCUT2D eigenvalue weighted by atomic mass is 19.1. The molecule has 0 aliphatic rings. The maximum atomic E-state index is 13.7. The molecule has 0 heterocycles. The van der Waals surface area contributed by atoms with Crippen LogP contribution in [-0.4, -0.2) is 16.0 Å². The van der Waals surface area contributed by atoms with E-state index in [0.717, 1.165) is 6.07 Å². The van der Waals surface area contributed by atoms with Gasteiger partial charge in [0.15, 0.2) is 17.4 Å². The van der Waals surface area contributed by atoms with Gasteiger partial charge in [-0.1, -0.05) is 6.07 Å². The Hall–Kier alpha value is -3.03. The first-order valence-electron chi connectivity index (χ1n) is 5.53. The first-order chi connectivity index (χ1) is 9.88. The molecule has 0 aliphatic carbocycles. The fourth-order valence-electron chi connectivity index (χ4n) is 1.56. The molecule has 108 valence electrons. The summed E-state index contributed by atoms with van der Waals surface area (Å²) in [4.78, 5) is 20.6. The third-order valence-electron chi connectivity index (χ3n) is 2.49. The first-order valence-corrected chi connectivity index (χ1v) is 5.53. The minimum atomic E-state index is -1.49. The molecule has 6 nitrogen and oxygen atoms in total. The van der Waals surface area contributed by atoms with Crippen LogP contribution in [0, 0.1) is 21.7 Å². The summed E-state index contributed by atoms with van der Waals surface area (Å²) in [6.07, 6.45) is 0. The molecule has 0 bridgehead atoms. The average molecular weight is 295 g/mol. The Bertz CT molecular complexity index is 709. The van der Waals surface area contributed by atoms with E-state index in [4.69, 9.17) is 9.84 Å². The Balaban J connectivity index is 2.38.